The molecule has 2 heterocycles. The Kier molecular flexibility index (Phi) is 4.79. The maximum Gasteiger partial charge on any atom is 0.252 e. The zero-order valence-electron chi connectivity index (χ0n) is 13.8. The van der Waals surface area contributed by atoms with E-state index in [9.17, 15) is 4.79 Å². The number of carbonyl (C=O) groups is 1. The van der Waals surface area contributed by atoms with Crippen LogP contribution in [0.25, 0.3) is 5.78 Å². The minimum Gasteiger partial charge on any atom is -0.326 e. The maximum atomic E-state index is 12.3. The molecule has 0 bridgehead atoms. The minimum atomic E-state index is -0.00297. The van der Waals surface area contributed by atoms with Gasteiger partial charge < -0.3 is 5.32 Å². The molecule has 3 rings (SSSR count). The number of anilines is 1. The van der Waals surface area contributed by atoms with Gasteiger partial charge in [-0.2, -0.15) is 10.1 Å². The Morgan fingerprint density at radius 1 is 1.29 bits per heavy atom. The van der Waals surface area contributed by atoms with Crippen molar-refractivity contribution in [3.8, 4) is 0 Å². The van der Waals surface area contributed by atoms with E-state index in [1.165, 1.54) is 6.33 Å². The average molecular weight is 435 g/mol. The van der Waals surface area contributed by atoms with Crippen molar-refractivity contribution in [1.82, 2.24) is 19.6 Å². The van der Waals surface area contributed by atoms with Gasteiger partial charge in [0.25, 0.3) is 5.78 Å². The van der Waals surface area contributed by atoms with Gasteiger partial charge in [0.05, 0.1) is 0 Å². The summed E-state index contributed by atoms with van der Waals surface area (Å²) in [5.74, 6) is 0.588. The van der Waals surface area contributed by atoms with Crippen LogP contribution in [0.1, 0.15) is 28.9 Å². The van der Waals surface area contributed by atoms with Crippen LogP contribution in [-0.4, -0.2) is 25.5 Å². The second-order valence-corrected chi connectivity index (χ2v) is 6.99. The normalized spacial score (nSPS) is 11.0. The predicted molar refractivity (Wildman–Crippen MR) is 101 cm³/mol. The number of nitrogens with zero attached hydrogens (tertiary/aromatic N) is 4. The number of benzene rings is 1. The highest BCUT2D eigenvalue weighted by molar-refractivity contribution is 14.1. The van der Waals surface area contributed by atoms with E-state index in [-0.39, 0.29) is 5.91 Å². The number of hydrogen-bond donors (Lipinski definition) is 1. The van der Waals surface area contributed by atoms with Crippen molar-refractivity contribution in [3.63, 3.8) is 0 Å². The lowest BCUT2D eigenvalue weighted by Crippen LogP contribution is -2.15. The molecular formula is C17H18IN5O. The number of nitrogens with one attached hydrogen (secondary N) is 1. The van der Waals surface area contributed by atoms with Gasteiger partial charge in [-0.05, 0) is 79.1 Å². The fourth-order valence-electron chi connectivity index (χ4n) is 2.74. The Bertz CT molecular complexity index is 919. The first kappa shape index (κ1) is 16.8. The molecule has 3 aromatic rings. The SMILES string of the molecule is Cc1cc(I)ccc1NC(=O)CCc1c(C)nc2ncnn2c1C. The molecule has 2 aromatic heterocycles. The Balaban J connectivity index is 1.72. The maximum absolute atomic E-state index is 12.3. The molecule has 1 amide bonds. The van der Waals surface area contributed by atoms with Crippen molar-refractivity contribution >= 4 is 40.0 Å². The molecule has 1 aromatic carbocycles. The first-order valence-electron chi connectivity index (χ1n) is 7.67. The third kappa shape index (κ3) is 3.40. The highest BCUT2D eigenvalue weighted by Crippen LogP contribution is 2.19. The standard InChI is InChI=1S/C17H18IN5O/c1-10-8-13(18)4-6-15(10)22-16(24)7-5-14-11(2)21-17-19-9-20-23(17)12(14)3/h4,6,8-9H,5,7H2,1-3H3,(H,22,24). The Hall–Kier alpha value is -2.03. The average Bonchev–Trinajstić information content (AvgIpc) is 2.98. The quantitative estimate of drug-likeness (QED) is 0.639. The number of rotatable bonds is 4. The molecule has 0 saturated heterocycles. The number of amides is 1. The molecule has 0 saturated carbocycles. The summed E-state index contributed by atoms with van der Waals surface area (Å²) in [5, 5.41) is 7.16. The van der Waals surface area contributed by atoms with Gasteiger partial charge in [0.1, 0.15) is 6.33 Å². The van der Waals surface area contributed by atoms with Gasteiger partial charge in [-0.3, -0.25) is 4.79 Å². The summed E-state index contributed by atoms with van der Waals surface area (Å²) < 4.78 is 2.87. The van der Waals surface area contributed by atoms with Crippen molar-refractivity contribution in [1.29, 1.82) is 0 Å². The van der Waals surface area contributed by atoms with Crippen LogP contribution < -0.4 is 5.32 Å². The fraction of sp³-hybridized carbons (Fsp3) is 0.294. The van der Waals surface area contributed by atoms with E-state index < -0.39 is 0 Å². The molecular weight excluding hydrogens is 417 g/mol. The van der Waals surface area contributed by atoms with E-state index >= 15 is 0 Å². The van der Waals surface area contributed by atoms with Crippen LogP contribution in [0.5, 0.6) is 0 Å². The highest BCUT2D eigenvalue weighted by Gasteiger charge is 2.13. The van der Waals surface area contributed by atoms with E-state index in [0.29, 0.717) is 18.6 Å². The van der Waals surface area contributed by atoms with E-state index in [2.05, 4.69) is 43.0 Å². The van der Waals surface area contributed by atoms with Gasteiger partial charge in [-0.15, -0.1) is 0 Å². The molecule has 6 nitrogen and oxygen atoms in total. The van der Waals surface area contributed by atoms with Gasteiger partial charge in [-0.25, -0.2) is 9.50 Å². The van der Waals surface area contributed by atoms with Gasteiger partial charge in [0, 0.05) is 27.1 Å². The number of aryl methyl sites for hydroxylation is 3. The van der Waals surface area contributed by atoms with Gasteiger partial charge in [0.15, 0.2) is 0 Å². The Morgan fingerprint density at radius 3 is 2.83 bits per heavy atom. The van der Waals surface area contributed by atoms with Crippen LogP contribution in [0, 0.1) is 24.3 Å². The second kappa shape index (κ2) is 6.84. The summed E-state index contributed by atoms with van der Waals surface area (Å²) in [7, 11) is 0. The van der Waals surface area contributed by atoms with Gasteiger partial charge in [-0.1, -0.05) is 0 Å². The van der Waals surface area contributed by atoms with Gasteiger partial charge in [0.2, 0.25) is 5.91 Å². The lowest BCUT2D eigenvalue weighted by Gasteiger charge is -2.11. The molecule has 0 radical (unpaired) electrons. The van der Waals surface area contributed by atoms with Crippen molar-refractivity contribution in [2.45, 2.75) is 33.6 Å². The molecule has 1 N–H and O–H groups in total. The summed E-state index contributed by atoms with van der Waals surface area (Å²) in [5.41, 5.74) is 4.84. The third-order valence-electron chi connectivity index (χ3n) is 4.05. The highest BCUT2D eigenvalue weighted by atomic mass is 127. The van der Waals surface area contributed by atoms with Crippen LogP contribution in [0.2, 0.25) is 0 Å². The predicted octanol–water partition coefficient (Wildman–Crippen LogP) is 3.23. The van der Waals surface area contributed by atoms with Crippen LogP contribution in [-0.2, 0) is 11.2 Å². The number of hydrogen-bond acceptors (Lipinski definition) is 4. The fourth-order valence-corrected chi connectivity index (χ4v) is 3.38. The molecule has 124 valence electrons. The third-order valence-corrected chi connectivity index (χ3v) is 4.72. The molecule has 0 fully saturated rings. The van der Waals surface area contributed by atoms with Crippen molar-refractivity contribution in [2.75, 3.05) is 5.32 Å². The number of fused-ring (bicyclic) bond motifs is 1. The first-order chi connectivity index (χ1) is 11.5. The lowest BCUT2D eigenvalue weighted by atomic mass is 10.1. The number of carbonyl (C=O) groups excluding carboxylic acids is 1. The molecule has 0 aliphatic carbocycles. The van der Waals surface area contributed by atoms with E-state index in [4.69, 9.17) is 0 Å². The molecule has 0 unspecified atom stereocenters. The summed E-state index contributed by atoms with van der Waals surface area (Å²) in [6.07, 6.45) is 2.51. The lowest BCUT2D eigenvalue weighted by molar-refractivity contribution is -0.116. The molecule has 7 heteroatoms. The minimum absolute atomic E-state index is 0.00297. The molecule has 0 aliphatic rings. The van der Waals surface area contributed by atoms with E-state index in [1.54, 1.807) is 4.52 Å². The number of aromatic nitrogens is 4. The van der Waals surface area contributed by atoms with Crippen molar-refractivity contribution in [3.05, 3.63) is 50.6 Å². The number of halogens is 1. The van der Waals surface area contributed by atoms with Crippen molar-refractivity contribution < 1.29 is 4.79 Å². The van der Waals surface area contributed by atoms with Crippen LogP contribution in [0.15, 0.2) is 24.5 Å². The summed E-state index contributed by atoms with van der Waals surface area (Å²) in [6.45, 7) is 5.92. The topological polar surface area (TPSA) is 72.2 Å². The molecule has 0 spiro atoms. The molecule has 0 atom stereocenters. The first-order valence-corrected chi connectivity index (χ1v) is 8.75. The largest absolute Gasteiger partial charge is 0.326 e. The smallest absolute Gasteiger partial charge is 0.252 e. The monoisotopic (exact) mass is 435 g/mol. The second-order valence-electron chi connectivity index (χ2n) is 5.74. The Labute approximate surface area is 153 Å². The van der Waals surface area contributed by atoms with Crippen LogP contribution in [0.3, 0.4) is 0 Å². The zero-order valence-corrected chi connectivity index (χ0v) is 16.0. The summed E-state index contributed by atoms with van der Waals surface area (Å²) in [6, 6.07) is 5.97. The summed E-state index contributed by atoms with van der Waals surface area (Å²) >= 11 is 2.26. The van der Waals surface area contributed by atoms with Crippen LogP contribution >= 0.6 is 22.6 Å². The molecule has 24 heavy (non-hydrogen) atoms. The summed E-state index contributed by atoms with van der Waals surface area (Å²) in [4.78, 5) is 20.8. The Morgan fingerprint density at radius 2 is 2.08 bits per heavy atom. The van der Waals surface area contributed by atoms with E-state index in [0.717, 1.165) is 31.8 Å². The van der Waals surface area contributed by atoms with Crippen molar-refractivity contribution in [2.24, 2.45) is 0 Å². The van der Waals surface area contributed by atoms with E-state index in [1.807, 2.05) is 39.0 Å². The zero-order chi connectivity index (χ0) is 17.3. The molecule has 0 aliphatic heterocycles. The van der Waals surface area contributed by atoms with Gasteiger partial charge >= 0.3 is 0 Å². The van der Waals surface area contributed by atoms with Crippen LogP contribution in [0.4, 0.5) is 5.69 Å².